The molecule has 0 heterocycles. The first-order valence-corrected chi connectivity index (χ1v) is 8.93. The van der Waals surface area contributed by atoms with Crippen LogP contribution in [0.25, 0.3) is 0 Å². The van der Waals surface area contributed by atoms with Crippen LogP contribution in [0.1, 0.15) is 12.8 Å². The summed E-state index contributed by atoms with van der Waals surface area (Å²) in [4.78, 5) is 13.2. The molecule has 0 fully saturated rings. The van der Waals surface area contributed by atoms with E-state index in [2.05, 4.69) is 22.5 Å². The maximum atomic E-state index is 12.4. The van der Waals surface area contributed by atoms with Crippen molar-refractivity contribution in [3.8, 4) is 0 Å². The van der Waals surface area contributed by atoms with Crippen molar-refractivity contribution in [2.45, 2.75) is 23.9 Å². The quantitative estimate of drug-likeness (QED) is 0.608. The maximum absolute atomic E-state index is 12.4. The van der Waals surface area contributed by atoms with Crippen molar-refractivity contribution in [1.82, 2.24) is 4.90 Å². The third-order valence-electron chi connectivity index (χ3n) is 2.87. The fourth-order valence-electron chi connectivity index (χ4n) is 1.84. The summed E-state index contributed by atoms with van der Waals surface area (Å²) in [7, 11) is -1.28. The maximum Gasteiger partial charge on any atom is 0.406 e. The summed E-state index contributed by atoms with van der Waals surface area (Å²) in [6, 6.07) is 6.92. The van der Waals surface area contributed by atoms with Crippen molar-refractivity contribution in [1.29, 1.82) is 0 Å². The van der Waals surface area contributed by atoms with Crippen LogP contribution in [0.15, 0.2) is 46.3 Å². The Balaban J connectivity index is 2.49. The lowest BCUT2D eigenvalue weighted by Crippen LogP contribution is -2.39. The third kappa shape index (κ3) is 7.78. The Bertz CT molecular complexity index is 561. The molecule has 3 nitrogen and oxygen atoms in total. The first-order valence-electron chi connectivity index (χ1n) is 6.82. The molecule has 0 radical (unpaired) electrons. The van der Waals surface area contributed by atoms with Crippen LogP contribution in [-0.2, 0) is 15.6 Å². The summed E-state index contributed by atoms with van der Waals surface area (Å²) in [6.45, 7) is 1.90. The molecule has 1 aromatic rings. The monoisotopic (exact) mass is 411 g/mol. The Hall–Kier alpha value is -1.15. The molecular weight excluding hydrogens is 395 g/mol. The van der Waals surface area contributed by atoms with Gasteiger partial charge < -0.3 is 4.90 Å². The molecule has 0 aliphatic heterocycles. The van der Waals surface area contributed by atoms with Crippen LogP contribution >= 0.6 is 15.9 Å². The minimum absolute atomic E-state index is 0.0772. The second-order valence-electron chi connectivity index (χ2n) is 4.79. The molecule has 1 amide bonds. The van der Waals surface area contributed by atoms with Gasteiger partial charge in [-0.05, 0) is 30.7 Å². The summed E-state index contributed by atoms with van der Waals surface area (Å²) in [5.41, 5.74) is 0. The van der Waals surface area contributed by atoms with E-state index < -0.39 is 29.4 Å². The summed E-state index contributed by atoms with van der Waals surface area (Å²) < 4.78 is 50.1. The van der Waals surface area contributed by atoms with Crippen LogP contribution in [0.2, 0.25) is 0 Å². The predicted octanol–water partition coefficient (Wildman–Crippen LogP) is 3.91. The molecule has 23 heavy (non-hydrogen) atoms. The summed E-state index contributed by atoms with van der Waals surface area (Å²) >= 11 is 3.27. The number of hydrogen-bond donors (Lipinski definition) is 0. The van der Waals surface area contributed by atoms with Gasteiger partial charge in [0.15, 0.2) is 0 Å². The molecule has 0 saturated carbocycles. The molecule has 0 saturated heterocycles. The van der Waals surface area contributed by atoms with E-state index >= 15 is 0 Å². The number of nitrogens with zero attached hydrogens (tertiary/aromatic N) is 1. The van der Waals surface area contributed by atoms with Gasteiger partial charge in [0.1, 0.15) is 6.54 Å². The van der Waals surface area contributed by atoms with Crippen molar-refractivity contribution >= 4 is 32.6 Å². The Morgan fingerprint density at radius 2 is 1.91 bits per heavy atom. The van der Waals surface area contributed by atoms with E-state index in [4.69, 9.17) is 0 Å². The zero-order chi connectivity index (χ0) is 17.5. The lowest BCUT2D eigenvalue weighted by molar-refractivity contribution is -0.160. The fourth-order valence-corrected chi connectivity index (χ4v) is 3.19. The lowest BCUT2D eigenvalue weighted by atomic mass is 10.3. The number of carbonyl (C=O) groups excluding carboxylic acids is 1. The van der Waals surface area contributed by atoms with E-state index in [-0.39, 0.29) is 25.1 Å². The molecule has 1 atom stereocenters. The Kier molecular flexibility index (Phi) is 7.98. The van der Waals surface area contributed by atoms with Crippen LogP contribution in [-0.4, -0.2) is 40.0 Å². The van der Waals surface area contributed by atoms with Gasteiger partial charge in [0.05, 0.1) is 10.8 Å². The third-order valence-corrected chi connectivity index (χ3v) is 4.86. The molecule has 0 aromatic heterocycles. The second kappa shape index (κ2) is 9.22. The molecule has 128 valence electrons. The molecule has 0 spiro atoms. The second-order valence-corrected chi connectivity index (χ2v) is 7.27. The first kappa shape index (κ1) is 19.9. The van der Waals surface area contributed by atoms with E-state index in [1.807, 2.05) is 0 Å². The van der Waals surface area contributed by atoms with Crippen molar-refractivity contribution in [2.24, 2.45) is 0 Å². The van der Waals surface area contributed by atoms with Gasteiger partial charge in [-0.2, -0.15) is 13.2 Å². The molecule has 1 rings (SSSR count). The van der Waals surface area contributed by atoms with Gasteiger partial charge in [-0.1, -0.05) is 22.0 Å². The minimum atomic E-state index is -4.45. The molecular formula is C15H17BrF3NO2S. The van der Waals surface area contributed by atoms with Crippen LogP contribution in [0.5, 0.6) is 0 Å². The Morgan fingerprint density at radius 1 is 1.30 bits per heavy atom. The Labute approximate surface area is 144 Å². The van der Waals surface area contributed by atoms with Gasteiger partial charge in [-0.3, -0.25) is 9.00 Å². The molecule has 0 bridgehead atoms. The first-order chi connectivity index (χ1) is 10.7. The van der Waals surface area contributed by atoms with E-state index in [9.17, 15) is 22.2 Å². The summed E-state index contributed by atoms with van der Waals surface area (Å²) in [6.07, 6.45) is -3.01. The van der Waals surface area contributed by atoms with Crippen LogP contribution < -0.4 is 0 Å². The molecule has 1 aromatic carbocycles. The van der Waals surface area contributed by atoms with E-state index in [0.717, 1.165) is 4.47 Å². The largest absolute Gasteiger partial charge is 0.406 e. The highest BCUT2D eigenvalue weighted by Gasteiger charge is 2.32. The number of rotatable bonds is 8. The zero-order valence-electron chi connectivity index (χ0n) is 12.3. The normalized spacial score (nSPS) is 12.7. The minimum Gasteiger partial charge on any atom is -0.330 e. The molecule has 0 aliphatic rings. The zero-order valence-corrected chi connectivity index (χ0v) is 14.7. The fraction of sp³-hybridized carbons (Fsp3) is 0.400. The molecule has 0 aliphatic carbocycles. The Morgan fingerprint density at radius 3 is 2.43 bits per heavy atom. The number of halogens is 4. The lowest BCUT2D eigenvalue weighted by Gasteiger charge is -2.22. The van der Waals surface area contributed by atoms with Gasteiger partial charge >= 0.3 is 6.18 Å². The summed E-state index contributed by atoms with van der Waals surface area (Å²) in [5.74, 6) is -0.392. The highest BCUT2D eigenvalue weighted by Crippen LogP contribution is 2.18. The topological polar surface area (TPSA) is 37.4 Å². The molecule has 0 N–H and O–H groups in total. The smallest absolute Gasteiger partial charge is 0.330 e. The van der Waals surface area contributed by atoms with Crippen molar-refractivity contribution in [3.05, 3.63) is 41.4 Å². The standard InChI is InChI=1S/C15H17BrF3NO2S/c1-2-9-20(11-15(17,18)19)14(21)4-3-10-23(22)13-7-5-12(16)6-8-13/h2,5-8H,1,3-4,9-11H2. The summed E-state index contributed by atoms with van der Waals surface area (Å²) in [5, 5.41) is 0. The SMILES string of the molecule is C=CCN(CC(F)(F)F)C(=O)CCCS(=O)c1ccc(Br)cc1. The van der Waals surface area contributed by atoms with Gasteiger partial charge in [0, 0.05) is 28.1 Å². The van der Waals surface area contributed by atoms with E-state index in [1.165, 1.54) is 6.08 Å². The van der Waals surface area contributed by atoms with Crippen molar-refractivity contribution in [3.63, 3.8) is 0 Å². The average molecular weight is 412 g/mol. The number of carbonyl (C=O) groups is 1. The van der Waals surface area contributed by atoms with Crippen molar-refractivity contribution < 1.29 is 22.2 Å². The molecule has 1 unspecified atom stereocenters. The van der Waals surface area contributed by atoms with E-state index in [0.29, 0.717) is 9.80 Å². The van der Waals surface area contributed by atoms with E-state index in [1.54, 1.807) is 24.3 Å². The number of hydrogen-bond acceptors (Lipinski definition) is 2. The number of benzene rings is 1. The van der Waals surface area contributed by atoms with Gasteiger partial charge in [0.2, 0.25) is 5.91 Å². The van der Waals surface area contributed by atoms with Gasteiger partial charge in [0.25, 0.3) is 0 Å². The predicted molar refractivity (Wildman–Crippen MR) is 87.5 cm³/mol. The van der Waals surface area contributed by atoms with Crippen LogP contribution in [0.3, 0.4) is 0 Å². The number of alkyl halides is 3. The van der Waals surface area contributed by atoms with Crippen LogP contribution in [0.4, 0.5) is 13.2 Å². The molecule has 8 heteroatoms. The van der Waals surface area contributed by atoms with Crippen LogP contribution in [0, 0.1) is 0 Å². The van der Waals surface area contributed by atoms with Gasteiger partial charge in [-0.25, -0.2) is 0 Å². The average Bonchev–Trinajstić information content (AvgIpc) is 2.46. The highest BCUT2D eigenvalue weighted by molar-refractivity contribution is 9.10. The van der Waals surface area contributed by atoms with Crippen molar-refractivity contribution in [2.75, 3.05) is 18.8 Å². The van der Waals surface area contributed by atoms with Gasteiger partial charge in [-0.15, -0.1) is 6.58 Å². The number of amides is 1. The highest BCUT2D eigenvalue weighted by atomic mass is 79.9.